The Bertz CT molecular complexity index is 450. The molecule has 0 bridgehead atoms. The second kappa shape index (κ2) is 5.20. The van der Waals surface area contributed by atoms with Crippen molar-refractivity contribution < 1.29 is 4.92 Å². The lowest BCUT2D eigenvalue weighted by molar-refractivity contribution is -0.384. The van der Waals surface area contributed by atoms with Crippen LogP contribution in [0.1, 0.15) is 26.2 Å². The first-order chi connectivity index (χ1) is 8.61. The number of nitrogens with one attached hydrogen (secondary N) is 1. The van der Waals surface area contributed by atoms with Gasteiger partial charge in [0.15, 0.2) is 0 Å². The first kappa shape index (κ1) is 12.6. The van der Waals surface area contributed by atoms with Gasteiger partial charge in [-0.2, -0.15) is 0 Å². The van der Waals surface area contributed by atoms with E-state index in [4.69, 9.17) is 0 Å². The number of anilines is 2. The van der Waals surface area contributed by atoms with Crippen LogP contribution in [0.25, 0.3) is 0 Å². The topological polar surface area (TPSA) is 71.3 Å². The van der Waals surface area contributed by atoms with E-state index in [0.717, 1.165) is 19.4 Å². The van der Waals surface area contributed by atoms with Crippen LogP contribution < -0.4 is 10.2 Å². The Kier molecular flexibility index (Phi) is 3.64. The van der Waals surface area contributed by atoms with Crippen LogP contribution in [0, 0.1) is 10.1 Å². The van der Waals surface area contributed by atoms with Crippen molar-refractivity contribution in [2.75, 3.05) is 23.8 Å². The zero-order chi connectivity index (χ0) is 13.1. The highest BCUT2D eigenvalue weighted by Crippen LogP contribution is 2.28. The fourth-order valence-corrected chi connectivity index (χ4v) is 2.32. The SMILES string of the molecule is CNc1cc([N+](=O)[O-])cc(N2CCCCC2C)n1. The molecule has 0 amide bonds. The molecule has 98 valence electrons. The van der Waals surface area contributed by atoms with E-state index < -0.39 is 0 Å². The van der Waals surface area contributed by atoms with Crippen LogP contribution in [0.5, 0.6) is 0 Å². The zero-order valence-corrected chi connectivity index (χ0v) is 10.7. The van der Waals surface area contributed by atoms with E-state index in [-0.39, 0.29) is 10.6 Å². The van der Waals surface area contributed by atoms with Gasteiger partial charge in [-0.3, -0.25) is 10.1 Å². The van der Waals surface area contributed by atoms with Crippen LogP contribution >= 0.6 is 0 Å². The van der Waals surface area contributed by atoms with Crippen LogP contribution in [-0.4, -0.2) is 29.5 Å². The lowest BCUT2D eigenvalue weighted by Gasteiger charge is -2.34. The quantitative estimate of drug-likeness (QED) is 0.659. The van der Waals surface area contributed by atoms with Crippen molar-refractivity contribution >= 4 is 17.3 Å². The molecule has 6 nitrogen and oxygen atoms in total. The lowest BCUT2D eigenvalue weighted by atomic mass is 10.0. The Balaban J connectivity index is 2.36. The van der Waals surface area contributed by atoms with Crippen molar-refractivity contribution in [2.45, 2.75) is 32.2 Å². The van der Waals surface area contributed by atoms with Crippen molar-refractivity contribution in [1.29, 1.82) is 0 Å². The monoisotopic (exact) mass is 250 g/mol. The minimum absolute atomic E-state index is 0.0853. The number of piperidine rings is 1. The maximum Gasteiger partial charge on any atom is 0.276 e. The van der Waals surface area contributed by atoms with E-state index in [1.165, 1.54) is 12.5 Å². The molecule has 0 radical (unpaired) electrons. The lowest BCUT2D eigenvalue weighted by Crippen LogP contribution is -2.38. The number of aromatic nitrogens is 1. The summed E-state index contributed by atoms with van der Waals surface area (Å²) in [6.45, 7) is 3.05. The van der Waals surface area contributed by atoms with E-state index >= 15 is 0 Å². The number of hydrogen-bond donors (Lipinski definition) is 1. The molecule has 18 heavy (non-hydrogen) atoms. The average molecular weight is 250 g/mol. The van der Waals surface area contributed by atoms with E-state index in [9.17, 15) is 10.1 Å². The Hall–Kier alpha value is -1.85. The minimum atomic E-state index is -0.374. The summed E-state index contributed by atoms with van der Waals surface area (Å²) in [5.41, 5.74) is 0.0853. The second-order valence-electron chi connectivity index (χ2n) is 4.61. The third-order valence-electron chi connectivity index (χ3n) is 3.36. The van der Waals surface area contributed by atoms with Crippen LogP contribution in [-0.2, 0) is 0 Å². The molecule has 1 N–H and O–H groups in total. The fraction of sp³-hybridized carbons (Fsp3) is 0.583. The van der Waals surface area contributed by atoms with Gasteiger partial charge in [0.2, 0.25) is 0 Å². The standard InChI is InChI=1S/C12H18N4O2/c1-9-5-3-4-6-15(9)12-8-10(16(17)18)7-11(13-2)14-12/h7-9H,3-6H2,1-2H3,(H,13,14). The van der Waals surface area contributed by atoms with Crippen molar-refractivity contribution in [3.8, 4) is 0 Å². The van der Waals surface area contributed by atoms with E-state index in [2.05, 4.69) is 22.1 Å². The molecular weight excluding hydrogens is 232 g/mol. The number of pyridine rings is 1. The molecule has 1 aliphatic rings. The zero-order valence-electron chi connectivity index (χ0n) is 10.7. The van der Waals surface area contributed by atoms with E-state index in [0.29, 0.717) is 17.7 Å². The summed E-state index contributed by atoms with van der Waals surface area (Å²) in [7, 11) is 1.72. The first-order valence-electron chi connectivity index (χ1n) is 6.22. The van der Waals surface area contributed by atoms with Crippen LogP contribution in [0.3, 0.4) is 0 Å². The number of hydrogen-bond acceptors (Lipinski definition) is 5. The van der Waals surface area contributed by atoms with Gasteiger partial charge in [-0.1, -0.05) is 0 Å². The normalized spacial score (nSPS) is 19.7. The van der Waals surface area contributed by atoms with Gasteiger partial charge >= 0.3 is 0 Å². The van der Waals surface area contributed by atoms with Crippen LogP contribution in [0.2, 0.25) is 0 Å². The Morgan fingerprint density at radius 2 is 2.28 bits per heavy atom. The molecule has 0 saturated carbocycles. The van der Waals surface area contributed by atoms with Crippen molar-refractivity contribution in [2.24, 2.45) is 0 Å². The highest BCUT2D eigenvalue weighted by Gasteiger charge is 2.22. The maximum absolute atomic E-state index is 10.9. The molecule has 0 aliphatic carbocycles. The predicted molar refractivity (Wildman–Crippen MR) is 71.1 cm³/mol. The fourth-order valence-electron chi connectivity index (χ4n) is 2.32. The first-order valence-corrected chi connectivity index (χ1v) is 6.22. The molecule has 0 spiro atoms. The van der Waals surface area contributed by atoms with Gasteiger partial charge in [-0.15, -0.1) is 0 Å². The van der Waals surface area contributed by atoms with Crippen molar-refractivity contribution in [1.82, 2.24) is 4.98 Å². The number of nitro groups is 1. The Morgan fingerprint density at radius 1 is 1.50 bits per heavy atom. The number of nitrogens with zero attached hydrogens (tertiary/aromatic N) is 3. The third-order valence-corrected chi connectivity index (χ3v) is 3.36. The van der Waals surface area contributed by atoms with Crippen molar-refractivity contribution in [3.63, 3.8) is 0 Å². The van der Waals surface area contributed by atoms with Crippen LogP contribution in [0.4, 0.5) is 17.3 Å². The summed E-state index contributed by atoms with van der Waals surface area (Å²) in [5, 5.41) is 13.8. The van der Waals surface area contributed by atoms with Gasteiger partial charge < -0.3 is 10.2 Å². The summed E-state index contributed by atoms with van der Waals surface area (Å²) < 4.78 is 0. The van der Waals surface area contributed by atoms with E-state index in [1.54, 1.807) is 13.1 Å². The smallest absolute Gasteiger partial charge is 0.276 e. The van der Waals surface area contributed by atoms with Crippen LogP contribution in [0.15, 0.2) is 12.1 Å². The Morgan fingerprint density at radius 3 is 2.89 bits per heavy atom. The van der Waals surface area contributed by atoms with Gasteiger partial charge in [0.1, 0.15) is 11.6 Å². The molecule has 1 aliphatic heterocycles. The summed E-state index contributed by atoms with van der Waals surface area (Å²) in [5.74, 6) is 1.23. The molecule has 1 aromatic rings. The summed E-state index contributed by atoms with van der Waals surface area (Å²) in [4.78, 5) is 17.1. The second-order valence-corrected chi connectivity index (χ2v) is 4.61. The predicted octanol–water partition coefficient (Wildman–Crippen LogP) is 2.41. The Labute approximate surface area is 106 Å². The van der Waals surface area contributed by atoms with E-state index in [1.807, 2.05) is 0 Å². The summed E-state index contributed by atoms with van der Waals surface area (Å²) >= 11 is 0. The molecule has 2 rings (SSSR count). The van der Waals surface area contributed by atoms with Gasteiger partial charge in [0, 0.05) is 19.6 Å². The maximum atomic E-state index is 10.9. The highest BCUT2D eigenvalue weighted by molar-refractivity contribution is 5.56. The molecule has 1 atom stereocenters. The minimum Gasteiger partial charge on any atom is -0.373 e. The van der Waals surface area contributed by atoms with Crippen molar-refractivity contribution in [3.05, 3.63) is 22.2 Å². The third kappa shape index (κ3) is 2.52. The molecule has 1 unspecified atom stereocenters. The molecule has 1 fully saturated rings. The highest BCUT2D eigenvalue weighted by atomic mass is 16.6. The molecular formula is C12H18N4O2. The molecule has 6 heteroatoms. The largest absolute Gasteiger partial charge is 0.373 e. The molecule has 1 saturated heterocycles. The average Bonchev–Trinajstić information content (AvgIpc) is 2.38. The summed E-state index contributed by atoms with van der Waals surface area (Å²) in [6.07, 6.45) is 3.44. The van der Waals surface area contributed by atoms with Gasteiger partial charge in [0.25, 0.3) is 5.69 Å². The van der Waals surface area contributed by atoms with Gasteiger partial charge in [0.05, 0.1) is 17.1 Å². The number of rotatable bonds is 3. The molecule has 2 heterocycles. The molecule has 1 aromatic heterocycles. The molecule has 0 aromatic carbocycles. The van der Waals surface area contributed by atoms with Gasteiger partial charge in [-0.25, -0.2) is 4.98 Å². The van der Waals surface area contributed by atoms with Gasteiger partial charge in [-0.05, 0) is 26.2 Å². The summed E-state index contributed by atoms with van der Waals surface area (Å²) in [6, 6.07) is 3.40.